The quantitative estimate of drug-likeness (QED) is 0.764. The van der Waals surface area contributed by atoms with Crippen LogP contribution in [0, 0.1) is 0 Å². The Hall–Kier alpha value is -2.87. The summed E-state index contributed by atoms with van der Waals surface area (Å²) in [6, 6.07) is 9.75. The van der Waals surface area contributed by atoms with Crippen molar-refractivity contribution in [3.63, 3.8) is 0 Å². The molecule has 0 bridgehead atoms. The Kier molecular flexibility index (Phi) is 6.03. The molecule has 0 spiro atoms. The highest BCUT2D eigenvalue weighted by Gasteiger charge is 2.28. The molecule has 0 N–H and O–H groups in total. The molecule has 160 valence electrons. The number of aromatic nitrogens is 2. The van der Waals surface area contributed by atoms with Gasteiger partial charge < -0.3 is 24.3 Å². The summed E-state index contributed by atoms with van der Waals surface area (Å²) in [5.74, 6) is 1.68. The van der Waals surface area contributed by atoms with Crippen molar-refractivity contribution in [1.82, 2.24) is 19.8 Å². The Morgan fingerprint density at radius 1 is 1.07 bits per heavy atom. The molecule has 0 atom stereocenters. The van der Waals surface area contributed by atoms with Crippen LogP contribution in [0.15, 0.2) is 30.3 Å². The van der Waals surface area contributed by atoms with Gasteiger partial charge in [-0.2, -0.15) is 4.98 Å². The van der Waals surface area contributed by atoms with Crippen molar-refractivity contribution in [2.75, 3.05) is 63.7 Å². The maximum atomic E-state index is 12.6. The fourth-order valence-electron chi connectivity index (χ4n) is 3.87. The van der Waals surface area contributed by atoms with Gasteiger partial charge in [0.25, 0.3) is 0 Å². The zero-order valence-electron chi connectivity index (χ0n) is 18.0. The Bertz CT molecular complexity index is 881. The van der Waals surface area contributed by atoms with Crippen molar-refractivity contribution in [2.24, 2.45) is 0 Å². The predicted molar refractivity (Wildman–Crippen MR) is 117 cm³/mol. The highest BCUT2D eigenvalue weighted by Crippen LogP contribution is 2.28. The van der Waals surface area contributed by atoms with Gasteiger partial charge in [-0.25, -0.2) is 9.78 Å². The molecule has 1 saturated heterocycles. The Morgan fingerprint density at radius 2 is 1.80 bits per heavy atom. The minimum atomic E-state index is -0.294. The summed E-state index contributed by atoms with van der Waals surface area (Å²) in [4.78, 5) is 30.7. The third-order valence-electron chi connectivity index (χ3n) is 5.70. The average molecular weight is 411 g/mol. The van der Waals surface area contributed by atoms with E-state index in [4.69, 9.17) is 14.7 Å². The van der Waals surface area contributed by atoms with E-state index in [0.29, 0.717) is 19.5 Å². The van der Waals surface area contributed by atoms with Crippen LogP contribution in [-0.2, 0) is 24.3 Å². The number of fused-ring (bicyclic) bond motifs is 1. The number of carbonyl (C=O) groups is 1. The number of carbonyl (C=O) groups excluding carboxylic acids is 1. The highest BCUT2D eigenvalue weighted by atomic mass is 16.6. The van der Waals surface area contributed by atoms with Crippen molar-refractivity contribution >= 4 is 17.9 Å². The van der Waals surface area contributed by atoms with E-state index < -0.39 is 0 Å². The Labute approximate surface area is 178 Å². The molecule has 0 unspecified atom stereocenters. The molecule has 1 amide bonds. The zero-order valence-corrected chi connectivity index (χ0v) is 18.0. The monoisotopic (exact) mass is 410 g/mol. The highest BCUT2D eigenvalue weighted by molar-refractivity contribution is 5.69. The van der Waals surface area contributed by atoms with Gasteiger partial charge in [0, 0.05) is 58.8 Å². The number of rotatable bonds is 4. The number of benzene rings is 1. The molecule has 3 heterocycles. The summed E-state index contributed by atoms with van der Waals surface area (Å²) >= 11 is 0. The number of piperazine rings is 1. The van der Waals surface area contributed by atoms with Gasteiger partial charge in [-0.3, -0.25) is 0 Å². The lowest BCUT2D eigenvalue weighted by Gasteiger charge is -2.35. The smallest absolute Gasteiger partial charge is 0.410 e. The first kappa shape index (κ1) is 20.4. The van der Waals surface area contributed by atoms with Crippen molar-refractivity contribution in [1.29, 1.82) is 0 Å². The summed E-state index contributed by atoms with van der Waals surface area (Å²) in [6.45, 7) is 5.24. The molecular weight excluding hydrogens is 380 g/mol. The van der Waals surface area contributed by atoms with E-state index in [0.717, 1.165) is 54.8 Å². The second-order valence-electron chi connectivity index (χ2n) is 8.17. The second kappa shape index (κ2) is 8.87. The molecule has 0 saturated carbocycles. The average Bonchev–Trinajstić information content (AvgIpc) is 2.77. The van der Waals surface area contributed by atoms with Gasteiger partial charge in [-0.15, -0.1) is 0 Å². The molecule has 8 nitrogen and oxygen atoms in total. The van der Waals surface area contributed by atoms with Crippen LogP contribution in [0.4, 0.5) is 16.6 Å². The molecule has 0 aliphatic carbocycles. The minimum Gasteiger partial charge on any atom is -0.445 e. The third-order valence-corrected chi connectivity index (χ3v) is 5.70. The first-order chi connectivity index (χ1) is 14.5. The molecule has 4 rings (SSSR count). The molecule has 1 fully saturated rings. The largest absolute Gasteiger partial charge is 0.445 e. The molecule has 8 heteroatoms. The summed E-state index contributed by atoms with van der Waals surface area (Å²) in [7, 11) is 6.12. The third kappa shape index (κ3) is 4.48. The Balaban J connectivity index is 1.49. The van der Waals surface area contributed by atoms with Crippen molar-refractivity contribution in [3.05, 3.63) is 47.2 Å². The molecule has 2 aromatic rings. The van der Waals surface area contributed by atoms with E-state index in [1.165, 1.54) is 0 Å². The van der Waals surface area contributed by atoms with Crippen LogP contribution in [0.3, 0.4) is 0 Å². The van der Waals surface area contributed by atoms with Gasteiger partial charge in [0.15, 0.2) is 0 Å². The summed E-state index contributed by atoms with van der Waals surface area (Å²) in [6.07, 6.45) is 0.414. The van der Waals surface area contributed by atoms with Crippen LogP contribution >= 0.6 is 0 Å². The first-order valence-electron chi connectivity index (χ1n) is 10.5. The van der Waals surface area contributed by atoms with Crippen molar-refractivity contribution < 1.29 is 9.53 Å². The van der Waals surface area contributed by atoms with E-state index in [1.807, 2.05) is 49.3 Å². The Morgan fingerprint density at radius 3 is 2.50 bits per heavy atom. The van der Waals surface area contributed by atoms with Crippen LogP contribution in [0.25, 0.3) is 0 Å². The van der Waals surface area contributed by atoms with Crippen LogP contribution in [0.2, 0.25) is 0 Å². The maximum Gasteiger partial charge on any atom is 0.410 e. The number of ether oxygens (including phenoxy) is 1. The number of likely N-dealkylation sites (N-methyl/N-ethyl adjacent to an activating group) is 1. The fraction of sp³-hybridized carbons (Fsp3) is 0.500. The van der Waals surface area contributed by atoms with Crippen LogP contribution in [-0.4, -0.2) is 79.7 Å². The van der Waals surface area contributed by atoms with Crippen LogP contribution in [0.1, 0.15) is 16.8 Å². The SMILES string of the molecule is CN1CCN(c2nc3c(c(N(C)C)n2)CN(C(=O)OCc2ccccc2)CC3)CC1. The lowest BCUT2D eigenvalue weighted by Crippen LogP contribution is -2.45. The van der Waals surface area contributed by atoms with Gasteiger partial charge in [0.05, 0.1) is 12.2 Å². The van der Waals surface area contributed by atoms with Gasteiger partial charge in [0.2, 0.25) is 5.95 Å². The molecule has 1 aromatic heterocycles. The molecule has 30 heavy (non-hydrogen) atoms. The zero-order chi connectivity index (χ0) is 21.1. The molecular formula is C22H30N6O2. The van der Waals surface area contributed by atoms with Gasteiger partial charge in [0.1, 0.15) is 12.4 Å². The lowest BCUT2D eigenvalue weighted by molar-refractivity contribution is 0.0916. The molecule has 2 aliphatic rings. The minimum absolute atomic E-state index is 0.280. The summed E-state index contributed by atoms with van der Waals surface area (Å²) in [5.41, 5.74) is 3.04. The molecule has 0 radical (unpaired) electrons. The molecule has 1 aromatic carbocycles. The van der Waals surface area contributed by atoms with Crippen LogP contribution < -0.4 is 9.80 Å². The van der Waals surface area contributed by atoms with E-state index in [9.17, 15) is 4.79 Å². The van der Waals surface area contributed by atoms with Crippen LogP contribution in [0.5, 0.6) is 0 Å². The first-order valence-corrected chi connectivity index (χ1v) is 10.5. The standard InChI is InChI=1S/C22H30N6O2/c1-25(2)20-18-15-28(22(29)30-16-17-7-5-4-6-8-17)10-9-19(18)23-21(24-20)27-13-11-26(3)12-14-27/h4-8H,9-16H2,1-3H3. The lowest BCUT2D eigenvalue weighted by atomic mass is 10.1. The van der Waals surface area contributed by atoms with Crippen molar-refractivity contribution in [2.45, 2.75) is 19.6 Å². The normalized spacial score (nSPS) is 16.9. The number of nitrogens with zero attached hydrogens (tertiary/aromatic N) is 6. The number of hydrogen-bond acceptors (Lipinski definition) is 7. The van der Waals surface area contributed by atoms with E-state index in [-0.39, 0.29) is 12.7 Å². The maximum absolute atomic E-state index is 12.6. The van der Waals surface area contributed by atoms with Crippen molar-refractivity contribution in [3.8, 4) is 0 Å². The fourth-order valence-corrected chi connectivity index (χ4v) is 3.87. The summed E-state index contributed by atoms with van der Waals surface area (Å²) < 4.78 is 5.53. The topological polar surface area (TPSA) is 65.0 Å². The summed E-state index contributed by atoms with van der Waals surface area (Å²) in [5, 5.41) is 0. The number of anilines is 2. The van der Waals surface area contributed by atoms with Gasteiger partial charge >= 0.3 is 6.09 Å². The number of hydrogen-bond donors (Lipinski definition) is 0. The van der Waals surface area contributed by atoms with E-state index in [2.05, 4.69) is 16.8 Å². The number of amides is 1. The van der Waals surface area contributed by atoms with Gasteiger partial charge in [-0.1, -0.05) is 30.3 Å². The van der Waals surface area contributed by atoms with Gasteiger partial charge in [-0.05, 0) is 12.6 Å². The second-order valence-corrected chi connectivity index (χ2v) is 8.17. The molecule has 2 aliphatic heterocycles. The van der Waals surface area contributed by atoms with E-state index >= 15 is 0 Å². The predicted octanol–water partition coefficient (Wildman–Crippen LogP) is 1.99. The van der Waals surface area contributed by atoms with E-state index in [1.54, 1.807) is 4.90 Å².